The van der Waals surface area contributed by atoms with Crippen LogP contribution >= 0.6 is 23.5 Å². The summed E-state index contributed by atoms with van der Waals surface area (Å²) in [5, 5.41) is 4.87. The molecule has 2 heterocycles. The van der Waals surface area contributed by atoms with E-state index >= 15 is 0 Å². The second-order valence-electron chi connectivity index (χ2n) is 5.58. The SMILES string of the molecule is O=C(C[C@H]1CSCCS1)NCCCc1c[nH]c2ccccc12. The monoisotopic (exact) mass is 334 g/mol. The van der Waals surface area contributed by atoms with Crippen LogP contribution in [0, 0.1) is 0 Å². The van der Waals surface area contributed by atoms with Gasteiger partial charge in [0.25, 0.3) is 0 Å². The van der Waals surface area contributed by atoms with Crippen molar-refractivity contribution in [2.45, 2.75) is 24.5 Å². The number of nitrogens with one attached hydrogen (secondary N) is 2. The van der Waals surface area contributed by atoms with Gasteiger partial charge >= 0.3 is 0 Å². The number of H-pyrrole nitrogens is 1. The van der Waals surface area contributed by atoms with Crippen molar-refractivity contribution in [3.63, 3.8) is 0 Å². The Labute approximate surface area is 140 Å². The van der Waals surface area contributed by atoms with Crippen LogP contribution in [0.2, 0.25) is 0 Å². The van der Waals surface area contributed by atoms with E-state index in [-0.39, 0.29) is 5.91 Å². The van der Waals surface area contributed by atoms with Crippen LogP contribution in [0.3, 0.4) is 0 Å². The second kappa shape index (κ2) is 7.97. The molecule has 0 radical (unpaired) electrons. The topological polar surface area (TPSA) is 44.9 Å². The van der Waals surface area contributed by atoms with Crippen molar-refractivity contribution in [1.82, 2.24) is 10.3 Å². The van der Waals surface area contributed by atoms with E-state index in [9.17, 15) is 4.79 Å². The summed E-state index contributed by atoms with van der Waals surface area (Å²) in [4.78, 5) is 15.2. The highest BCUT2D eigenvalue weighted by Crippen LogP contribution is 2.26. The number of rotatable bonds is 6. The molecule has 1 aromatic heterocycles. The number of carbonyl (C=O) groups is 1. The molecule has 2 N–H and O–H groups in total. The molecule has 118 valence electrons. The normalized spacial score (nSPS) is 18.5. The summed E-state index contributed by atoms with van der Waals surface area (Å²) >= 11 is 3.91. The van der Waals surface area contributed by atoms with E-state index in [4.69, 9.17) is 0 Å². The highest BCUT2D eigenvalue weighted by atomic mass is 32.2. The van der Waals surface area contributed by atoms with E-state index in [1.54, 1.807) is 0 Å². The predicted octanol–water partition coefficient (Wildman–Crippen LogP) is 3.46. The molecule has 3 rings (SSSR count). The fourth-order valence-corrected chi connectivity index (χ4v) is 5.46. The predicted molar refractivity (Wildman–Crippen MR) is 97.8 cm³/mol. The number of benzene rings is 1. The van der Waals surface area contributed by atoms with Crippen molar-refractivity contribution in [3.05, 3.63) is 36.0 Å². The molecule has 1 aliphatic rings. The van der Waals surface area contributed by atoms with E-state index in [2.05, 4.69) is 34.7 Å². The quantitative estimate of drug-likeness (QED) is 0.795. The van der Waals surface area contributed by atoms with Gasteiger partial charge in [0, 0.05) is 52.6 Å². The fraction of sp³-hybridized carbons (Fsp3) is 0.471. The van der Waals surface area contributed by atoms with Crippen LogP contribution in [0.1, 0.15) is 18.4 Å². The van der Waals surface area contributed by atoms with Crippen LogP contribution in [0.15, 0.2) is 30.5 Å². The summed E-state index contributed by atoms with van der Waals surface area (Å²) in [5.41, 5.74) is 2.53. The molecule has 1 fully saturated rings. The maximum atomic E-state index is 11.9. The van der Waals surface area contributed by atoms with E-state index in [0.29, 0.717) is 11.7 Å². The Morgan fingerprint density at radius 2 is 2.23 bits per heavy atom. The molecule has 22 heavy (non-hydrogen) atoms. The average Bonchev–Trinajstić information content (AvgIpc) is 2.96. The maximum Gasteiger partial charge on any atom is 0.221 e. The first-order valence-corrected chi connectivity index (χ1v) is 10.0. The third kappa shape index (κ3) is 4.23. The van der Waals surface area contributed by atoms with Gasteiger partial charge in [0.1, 0.15) is 0 Å². The Hall–Kier alpha value is -1.07. The first-order valence-electron chi connectivity index (χ1n) is 7.84. The van der Waals surface area contributed by atoms with E-state index in [0.717, 1.165) is 25.1 Å². The number of fused-ring (bicyclic) bond motifs is 1. The first-order chi connectivity index (χ1) is 10.8. The van der Waals surface area contributed by atoms with E-state index in [1.807, 2.05) is 29.6 Å². The zero-order chi connectivity index (χ0) is 15.2. The minimum absolute atomic E-state index is 0.207. The number of hydrogen-bond donors (Lipinski definition) is 2. The smallest absolute Gasteiger partial charge is 0.221 e. The van der Waals surface area contributed by atoms with Crippen molar-refractivity contribution in [2.24, 2.45) is 0 Å². The molecule has 3 nitrogen and oxygen atoms in total. The molecule has 1 atom stereocenters. The Morgan fingerprint density at radius 3 is 3.09 bits per heavy atom. The molecule has 1 aliphatic heterocycles. The van der Waals surface area contributed by atoms with Gasteiger partial charge in [-0.3, -0.25) is 4.79 Å². The molecule has 5 heteroatoms. The van der Waals surface area contributed by atoms with Crippen molar-refractivity contribution in [2.75, 3.05) is 23.8 Å². The molecule has 2 aromatic rings. The molecule has 1 saturated heterocycles. The van der Waals surface area contributed by atoms with E-state index < -0.39 is 0 Å². The molecular weight excluding hydrogens is 312 g/mol. The zero-order valence-electron chi connectivity index (χ0n) is 12.6. The van der Waals surface area contributed by atoms with Crippen LogP contribution in [0.5, 0.6) is 0 Å². The summed E-state index contributed by atoms with van der Waals surface area (Å²) < 4.78 is 0. The second-order valence-corrected chi connectivity index (χ2v) is 8.14. The summed E-state index contributed by atoms with van der Waals surface area (Å²) in [6.45, 7) is 0.767. The van der Waals surface area contributed by atoms with Crippen LogP contribution in [0.25, 0.3) is 10.9 Å². The lowest BCUT2D eigenvalue weighted by atomic mass is 10.1. The van der Waals surface area contributed by atoms with Gasteiger partial charge in [-0.05, 0) is 24.5 Å². The summed E-state index contributed by atoms with van der Waals surface area (Å²) in [5.74, 6) is 3.74. The lowest BCUT2D eigenvalue weighted by Crippen LogP contribution is -2.29. The number of aryl methyl sites for hydroxylation is 1. The molecule has 1 aromatic carbocycles. The van der Waals surface area contributed by atoms with Gasteiger partial charge in [0.05, 0.1) is 0 Å². The van der Waals surface area contributed by atoms with E-state index in [1.165, 1.54) is 28.0 Å². The largest absolute Gasteiger partial charge is 0.361 e. The van der Waals surface area contributed by atoms with Gasteiger partial charge in [-0.2, -0.15) is 23.5 Å². The number of para-hydroxylation sites is 1. The van der Waals surface area contributed by atoms with Crippen molar-refractivity contribution < 1.29 is 4.79 Å². The minimum atomic E-state index is 0.207. The Morgan fingerprint density at radius 1 is 1.32 bits per heavy atom. The van der Waals surface area contributed by atoms with Crippen molar-refractivity contribution >= 4 is 40.3 Å². The third-order valence-electron chi connectivity index (χ3n) is 3.92. The molecular formula is C17H22N2OS2. The van der Waals surface area contributed by atoms with Gasteiger partial charge in [-0.1, -0.05) is 18.2 Å². The maximum absolute atomic E-state index is 11.9. The number of thioether (sulfide) groups is 2. The summed E-state index contributed by atoms with van der Waals surface area (Å²) in [6, 6.07) is 8.36. The Kier molecular flexibility index (Phi) is 5.73. The molecule has 0 spiro atoms. The van der Waals surface area contributed by atoms with Crippen LogP contribution < -0.4 is 5.32 Å². The standard InChI is InChI=1S/C17H22N2OS2/c20-17(10-14-12-21-8-9-22-14)18-7-3-4-13-11-19-16-6-2-1-5-15(13)16/h1-2,5-6,11,14,19H,3-4,7-10,12H2,(H,18,20)/t14-/m0/s1. The number of aromatic nitrogens is 1. The Bertz CT molecular complexity index is 620. The number of amides is 1. The minimum Gasteiger partial charge on any atom is -0.361 e. The number of aromatic amines is 1. The average molecular weight is 335 g/mol. The number of hydrogen-bond acceptors (Lipinski definition) is 3. The van der Waals surface area contributed by atoms with Gasteiger partial charge < -0.3 is 10.3 Å². The molecule has 0 aliphatic carbocycles. The molecule has 0 saturated carbocycles. The van der Waals surface area contributed by atoms with Crippen LogP contribution in [0.4, 0.5) is 0 Å². The zero-order valence-corrected chi connectivity index (χ0v) is 14.3. The lowest BCUT2D eigenvalue weighted by molar-refractivity contribution is -0.120. The van der Waals surface area contributed by atoms with Gasteiger partial charge in [-0.15, -0.1) is 0 Å². The van der Waals surface area contributed by atoms with Crippen molar-refractivity contribution in [1.29, 1.82) is 0 Å². The molecule has 0 bridgehead atoms. The molecule has 1 amide bonds. The highest BCUT2D eigenvalue weighted by Gasteiger charge is 2.17. The molecule has 0 unspecified atom stereocenters. The summed E-state index contributed by atoms with van der Waals surface area (Å²) in [6.07, 6.45) is 4.74. The van der Waals surface area contributed by atoms with Crippen molar-refractivity contribution in [3.8, 4) is 0 Å². The van der Waals surface area contributed by atoms with Gasteiger partial charge in [0.2, 0.25) is 5.91 Å². The first kappa shape index (κ1) is 15.8. The third-order valence-corrected chi connectivity index (χ3v) is 6.76. The Balaban J connectivity index is 1.39. The highest BCUT2D eigenvalue weighted by molar-refractivity contribution is 8.06. The lowest BCUT2D eigenvalue weighted by Gasteiger charge is -2.20. The van der Waals surface area contributed by atoms with Gasteiger partial charge in [-0.25, -0.2) is 0 Å². The number of carbonyl (C=O) groups excluding carboxylic acids is 1. The van der Waals surface area contributed by atoms with Crippen LogP contribution in [-0.2, 0) is 11.2 Å². The summed E-state index contributed by atoms with van der Waals surface area (Å²) in [7, 11) is 0. The van der Waals surface area contributed by atoms with Gasteiger partial charge in [0.15, 0.2) is 0 Å². The van der Waals surface area contributed by atoms with Crippen LogP contribution in [-0.4, -0.2) is 39.9 Å². The fourth-order valence-electron chi connectivity index (χ4n) is 2.78.